The largest absolute Gasteiger partial charge is 0.444 e. The Morgan fingerprint density at radius 1 is 1.18 bits per heavy atom. The van der Waals surface area contributed by atoms with E-state index in [1.54, 1.807) is 18.5 Å². The first-order valence-electron chi connectivity index (χ1n) is 11.5. The van der Waals surface area contributed by atoms with Crippen LogP contribution in [0.15, 0.2) is 43.0 Å². The first-order valence-corrected chi connectivity index (χ1v) is 11.5. The second-order valence-corrected chi connectivity index (χ2v) is 9.72. The predicted octanol–water partition coefficient (Wildman–Crippen LogP) is 4.53. The quantitative estimate of drug-likeness (QED) is 0.530. The van der Waals surface area contributed by atoms with E-state index in [0.717, 1.165) is 28.8 Å². The third-order valence-corrected chi connectivity index (χ3v) is 4.90. The van der Waals surface area contributed by atoms with Gasteiger partial charge in [-0.3, -0.25) is 4.68 Å². The molecule has 1 amide bonds. The molecule has 0 radical (unpaired) electrons. The van der Waals surface area contributed by atoms with Crippen molar-refractivity contribution in [2.75, 3.05) is 6.54 Å². The molecule has 3 rings (SSSR count). The number of alkyl carbamates (subject to hydrolysis) is 1. The smallest absolute Gasteiger partial charge is 0.407 e. The highest BCUT2D eigenvalue weighted by atomic mass is 16.6. The van der Waals surface area contributed by atoms with E-state index in [1.165, 1.54) is 0 Å². The fraction of sp³-hybridized carbons (Fsp3) is 0.423. The molecule has 3 aromatic rings. The summed E-state index contributed by atoms with van der Waals surface area (Å²) in [5.74, 6) is 1.11. The Balaban J connectivity index is 1.71. The highest BCUT2D eigenvalue weighted by molar-refractivity contribution is 5.67. The molecule has 0 fully saturated rings. The van der Waals surface area contributed by atoms with E-state index in [1.807, 2.05) is 50.0 Å². The van der Waals surface area contributed by atoms with Gasteiger partial charge < -0.3 is 10.1 Å². The van der Waals surface area contributed by atoms with E-state index in [9.17, 15) is 10.1 Å². The van der Waals surface area contributed by atoms with Gasteiger partial charge >= 0.3 is 6.09 Å². The number of hydrogen-bond donors (Lipinski definition) is 1. The zero-order valence-electron chi connectivity index (χ0n) is 20.5. The molecule has 0 spiro atoms. The number of hydrogen-bond acceptors (Lipinski definition) is 6. The molecule has 0 unspecified atom stereocenters. The average molecular weight is 461 g/mol. The lowest BCUT2D eigenvalue weighted by Crippen LogP contribution is -2.33. The SMILES string of the molecule is CC(C)Cn1cc(Cc2cc(C#N)ccc2-c2ncc(CCNC(=O)OC(C)(C)C)cn2)cn1. The minimum absolute atomic E-state index is 0.431. The van der Waals surface area contributed by atoms with E-state index < -0.39 is 11.7 Å². The minimum Gasteiger partial charge on any atom is -0.444 e. The molecule has 0 atom stereocenters. The molecular weight excluding hydrogens is 428 g/mol. The molecule has 178 valence electrons. The van der Waals surface area contributed by atoms with Crippen LogP contribution in [0.4, 0.5) is 4.79 Å². The summed E-state index contributed by atoms with van der Waals surface area (Å²) in [5.41, 5.74) is 3.90. The average Bonchev–Trinajstić information content (AvgIpc) is 3.19. The fourth-order valence-corrected chi connectivity index (χ4v) is 3.47. The molecule has 8 nitrogen and oxygen atoms in total. The molecule has 1 N–H and O–H groups in total. The Hall–Kier alpha value is -3.73. The van der Waals surface area contributed by atoms with E-state index >= 15 is 0 Å². The molecule has 0 aliphatic carbocycles. The van der Waals surface area contributed by atoms with Crippen LogP contribution in [0, 0.1) is 17.2 Å². The second kappa shape index (κ2) is 10.9. The van der Waals surface area contributed by atoms with Crippen LogP contribution >= 0.6 is 0 Å². The fourth-order valence-electron chi connectivity index (χ4n) is 3.47. The zero-order valence-corrected chi connectivity index (χ0v) is 20.5. The topological polar surface area (TPSA) is 106 Å². The highest BCUT2D eigenvalue weighted by Crippen LogP contribution is 2.24. The van der Waals surface area contributed by atoms with Crippen LogP contribution in [-0.2, 0) is 24.1 Å². The number of amides is 1. The van der Waals surface area contributed by atoms with Crippen LogP contribution in [-0.4, -0.2) is 38.0 Å². The summed E-state index contributed by atoms with van der Waals surface area (Å²) in [7, 11) is 0. The zero-order chi connectivity index (χ0) is 24.7. The molecular formula is C26H32N6O2. The molecule has 2 heterocycles. The Bertz CT molecular complexity index is 1150. The number of aromatic nitrogens is 4. The van der Waals surface area contributed by atoms with Crippen molar-refractivity contribution in [3.05, 3.63) is 65.2 Å². The van der Waals surface area contributed by atoms with Gasteiger partial charge in [0.2, 0.25) is 0 Å². The molecule has 0 aliphatic rings. The van der Waals surface area contributed by atoms with Gasteiger partial charge in [-0.05, 0) is 68.0 Å². The van der Waals surface area contributed by atoms with Crippen molar-refractivity contribution >= 4 is 6.09 Å². The van der Waals surface area contributed by atoms with Crippen LogP contribution in [0.1, 0.15) is 56.9 Å². The van der Waals surface area contributed by atoms with Crippen molar-refractivity contribution in [3.63, 3.8) is 0 Å². The lowest BCUT2D eigenvalue weighted by atomic mass is 9.98. The number of carbonyl (C=O) groups excluding carboxylic acids is 1. The maximum Gasteiger partial charge on any atom is 0.407 e. The van der Waals surface area contributed by atoms with Crippen molar-refractivity contribution in [1.29, 1.82) is 5.26 Å². The molecule has 1 aromatic carbocycles. The molecule has 34 heavy (non-hydrogen) atoms. The lowest BCUT2D eigenvalue weighted by molar-refractivity contribution is 0.0528. The first-order chi connectivity index (χ1) is 16.1. The predicted molar refractivity (Wildman–Crippen MR) is 130 cm³/mol. The number of nitrogens with one attached hydrogen (secondary N) is 1. The summed E-state index contributed by atoms with van der Waals surface area (Å²) in [6.45, 7) is 11.1. The normalized spacial score (nSPS) is 11.3. The third-order valence-electron chi connectivity index (χ3n) is 4.90. The Labute approximate surface area is 201 Å². The van der Waals surface area contributed by atoms with E-state index in [4.69, 9.17) is 4.74 Å². The number of nitriles is 1. The van der Waals surface area contributed by atoms with E-state index in [0.29, 0.717) is 36.7 Å². The number of rotatable bonds is 8. The van der Waals surface area contributed by atoms with Crippen molar-refractivity contribution < 1.29 is 9.53 Å². The van der Waals surface area contributed by atoms with Crippen LogP contribution in [0.3, 0.4) is 0 Å². The van der Waals surface area contributed by atoms with Gasteiger partial charge in [0.05, 0.1) is 17.8 Å². The van der Waals surface area contributed by atoms with Crippen LogP contribution in [0.2, 0.25) is 0 Å². The first kappa shape index (κ1) is 24.9. The van der Waals surface area contributed by atoms with E-state index in [-0.39, 0.29) is 0 Å². The summed E-state index contributed by atoms with van der Waals surface area (Å²) >= 11 is 0. The minimum atomic E-state index is -0.527. The van der Waals surface area contributed by atoms with Gasteiger partial charge in [0.25, 0.3) is 0 Å². The maximum atomic E-state index is 11.8. The standard InChI is InChI=1S/C26H32N6O2/c1-18(2)16-32-17-21(15-31-32)11-22-10-19(12-27)6-7-23(22)24-29-13-20(14-30-24)8-9-28-25(33)34-26(3,4)5/h6-7,10,13-15,17-18H,8-9,11,16H2,1-5H3,(H,28,33). The summed E-state index contributed by atoms with van der Waals surface area (Å²) < 4.78 is 7.19. The summed E-state index contributed by atoms with van der Waals surface area (Å²) in [6, 6.07) is 7.77. The van der Waals surface area contributed by atoms with Gasteiger partial charge in [-0.15, -0.1) is 0 Å². The summed E-state index contributed by atoms with van der Waals surface area (Å²) in [6.07, 6.45) is 8.23. The van der Waals surface area contributed by atoms with Gasteiger partial charge in [0.15, 0.2) is 5.82 Å². The number of carbonyl (C=O) groups is 1. The Kier molecular flexibility index (Phi) is 8.00. The summed E-state index contributed by atoms with van der Waals surface area (Å²) in [5, 5.41) is 16.6. The van der Waals surface area contributed by atoms with Crippen molar-refractivity contribution in [2.24, 2.45) is 5.92 Å². The van der Waals surface area contributed by atoms with Crippen LogP contribution in [0.25, 0.3) is 11.4 Å². The Morgan fingerprint density at radius 3 is 2.56 bits per heavy atom. The van der Waals surface area contributed by atoms with Gasteiger partial charge in [0, 0.05) is 43.7 Å². The van der Waals surface area contributed by atoms with Crippen LogP contribution in [0.5, 0.6) is 0 Å². The van der Waals surface area contributed by atoms with Crippen molar-refractivity contribution in [3.8, 4) is 17.5 Å². The molecule has 0 aliphatic heterocycles. The number of benzene rings is 1. The van der Waals surface area contributed by atoms with Crippen molar-refractivity contribution in [1.82, 2.24) is 25.1 Å². The molecule has 0 bridgehead atoms. The lowest BCUT2D eigenvalue weighted by Gasteiger charge is -2.19. The number of nitrogens with zero attached hydrogens (tertiary/aromatic N) is 5. The maximum absolute atomic E-state index is 11.8. The monoisotopic (exact) mass is 460 g/mol. The molecule has 0 saturated carbocycles. The second-order valence-electron chi connectivity index (χ2n) is 9.72. The highest BCUT2D eigenvalue weighted by Gasteiger charge is 2.16. The molecule has 0 saturated heterocycles. The van der Waals surface area contributed by atoms with Crippen molar-refractivity contribution in [2.45, 2.75) is 59.6 Å². The Morgan fingerprint density at radius 2 is 1.91 bits per heavy atom. The van der Waals surface area contributed by atoms with E-state index in [2.05, 4.69) is 40.3 Å². The van der Waals surface area contributed by atoms with Gasteiger partial charge in [0.1, 0.15) is 5.60 Å². The number of ether oxygens (including phenoxy) is 1. The van der Waals surface area contributed by atoms with Gasteiger partial charge in [-0.25, -0.2) is 14.8 Å². The summed E-state index contributed by atoms with van der Waals surface area (Å²) in [4.78, 5) is 20.9. The third kappa shape index (κ3) is 7.41. The molecule has 8 heteroatoms. The van der Waals surface area contributed by atoms with Gasteiger partial charge in [-0.1, -0.05) is 13.8 Å². The molecule has 2 aromatic heterocycles. The van der Waals surface area contributed by atoms with Gasteiger partial charge in [-0.2, -0.15) is 10.4 Å². The van der Waals surface area contributed by atoms with Crippen LogP contribution < -0.4 is 5.32 Å².